The molecule has 0 atom stereocenters. The number of nitrogens with two attached hydrogens (primary N) is 1. The number of nitrogens with zero attached hydrogens (tertiary/aromatic N) is 3. The first-order chi connectivity index (χ1) is 8.02. The van der Waals surface area contributed by atoms with E-state index in [9.17, 15) is 9.59 Å². The molecule has 0 aromatic carbocycles. The van der Waals surface area contributed by atoms with Gasteiger partial charge in [0.25, 0.3) is 0 Å². The molecule has 0 spiro atoms. The van der Waals surface area contributed by atoms with Crippen molar-refractivity contribution in [3.63, 3.8) is 0 Å². The molecule has 0 aliphatic rings. The molecule has 1 aromatic heterocycles. The first-order valence-corrected chi connectivity index (χ1v) is 5.31. The third-order valence-corrected chi connectivity index (χ3v) is 2.13. The Morgan fingerprint density at radius 2 is 2.29 bits per heavy atom. The van der Waals surface area contributed by atoms with Crippen molar-refractivity contribution >= 4 is 17.5 Å². The van der Waals surface area contributed by atoms with Gasteiger partial charge in [0, 0.05) is 19.8 Å². The normalized spacial score (nSPS) is 10.0. The first kappa shape index (κ1) is 13.0. The molecule has 3 N–H and O–H groups in total. The molecule has 2 amide bonds. The lowest BCUT2D eigenvalue weighted by Gasteiger charge is -2.16. The number of carbonyl (C=O) groups is 2. The monoisotopic (exact) mass is 239 g/mol. The van der Waals surface area contributed by atoms with Crippen molar-refractivity contribution in [1.82, 2.24) is 20.0 Å². The maximum absolute atomic E-state index is 11.7. The molecule has 7 nitrogen and oxygen atoms in total. The fraction of sp³-hybridized carbons (Fsp3) is 0.500. The van der Waals surface area contributed by atoms with Gasteiger partial charge in [-0.05, 0) is 6.92 Å². The Balaban J connectivity index is 2.44. The van der Waals surface area contributed by atoms with Gasteiger partial charge in [-0.25, -0.2) is 0 Å². The van der Waals surface area contributed by atoms with Gasteiger partial charge in [0.2, 0.25) is 11.8 Å². The fourth-order valence-corrected chi connectivity index (χ4v) is 1.28. The van der Waals surface area contributed by atoms with Crippen molar-refractivity contribution < 1.29 is 9.59 Å². The number of aromatic nitrogens is 2. The van der Waals surface area contributed by atoms with E-state index >= 15 is 0 Å². The summed E-state index contributed by atoms with van der Waals surface area (Å²) in [4.78, 5) is 24.3. The number of carbonyl (C=O) groups excluding carboxylic acids is 2. The second-order valence-corrected chi connectivity index (χ2v) is 3.67. The van der Waals surface area contributed by atoms with E-state index in [-0.39, 0.29) is 24.9 Å². The molecule has 0 saturated heterocycles. The highest BCUT2D eigenvalue weighted by molar-refractivity contribution is 5.84. The maximum atomic E-state index is 11.7. The van der Waals surface area contributed by atoms with Crippen LogP contribution in [-0.4, -0.2) is 46.6 Å². The van der Waals surface area contributed by atoms with Crippen molar-refractivity contribution in [3.05, 3.63) is 12.4 Å². The molecular formula is C10H17N5O2. The van der Waals surface area contributed by atoms with Crippen molar-refractivity contribution in [1.29, 1.82) is 0 Å². The van der Waals surface area contributed by atoms with Crippen LogP contribution in [-0.2, 0) is 16.1 Å². The average Bonchev–Trinajstić information content (AvgIpc) is 2.64. The Kier molecular flexibility index (Phi) is 4.50. The summed E-state index contributed by atoms with van der Waals surface area (Å²) < 4.78 is 1.44. The minimum Gasteiger partial charge on any atom is -0.396 e. The lowest BCUT2D eigenvalue weighted by atomic mass is 10.4. The zero-order chi connectivity index (χ0) is 12.8. The van der Waals surface area contributed by atoms with E-state index in [0.29, 0.717) is 12.2 Å². The Morgan fingerprint density at radius 1 is 1.59 bits per heavy atom. The highest BCUT2D eigenvalue weighted by Crippen LogP contribution is 1.98. The summed E-state index contributed by atoms with van der Waals surface area (Å²) >= 11 is 0. The lowest BCUT2D eigenvalue weighted by Crippen LogP contribution is -2.39. The molecule has 94 valence electrons. The van der Waals surface area contributed by atoms with Crippen LogP contribution in [0.15, 0.2) is 12.4 Å². The molecule has 0 bridgehead atoms. The van der Waals surface area contributed by atoms with E-state index in [1.54, 1.807) is 13.2 Å². The number of likely N-dealkylation sites (N-methyl/N-ethyl adjacent to an activating group) is 2. The standard InChI is InChI=1S/C10H17N5O2/c1-3-12-9(16)6-14(2)10(17)7-15-5-8(11)4-13-15/h4-5H,3,6-7,11H2,1-2H3,(H,12,16). The molecule has 0 saturated carbocycles. The van der Waals surface area contributed by atoms with Crippen molar-refractivity contribution in [3.8, 4) is 0 Å². The maximum Gasteiger partial charge on any atom is 0.244 e. The van der Waals surface area contributed by atoms with Gasteiger partial charge < -0.3 is 16.0 Å². The number of nitrogens with one attached hydrogen (secondary N) is 1. The Hall–Kier alpha value is -2.05. The van der Waals surface area contributed by atoms with Crippen LogP contribution in [0.4, 0.5) is 5.69 Å². The Morgan fingerprint density at radius 3 is 2.82 bits per heavy atom. The third kappa shape index (κ3) is 4.13. The predicted octanol–water partition coefficient (Wildman–Crippen LogP) is -0.940. The summed E-state index contributed by atoms with van der Waals surface area (Å²) in [6.45, 7) is 2.50. The number of nitrogen functional groups attached to an aromatic ring is 1. The van der Waals surface area contributed by atoms with Gasteiger partial charge in [0.15, 0.2) is 0 Å². The van der Waals surface area contributed by atoms with E-state index < -0.39 is 0 Å². The third-order valence-electron chi connectivity index (χ3n) is 2.13. The van der Waals surface area contributed by atoms with Crippen LogP contribution in [0.25, 0.3) is 0 Å². The molecule has 7 heteroatoms. The molecule has 1 heterocycles. The van der Waals surface area contributed by atoms with E-state index in [1.807, 2.05) is 6.92 Å². The number of amides is 2. The Bertz CT molecular complexity index is 401. The molecule has 0 unspecified atom stereocenters. The summed E-state index contributed by atoms with van der Waals surface area (Å²) in [5.41, 5.74) is 5.98. The molecular weight excluding hydrogens is 222 g/mol. The smallest absolute Gasteiger partial charge is 0.244 e. The number of hydrogen-bond acceptors (Lipinski definition) is 4. The van der Waals surface area contributed by atoms with Crippen LogP contribution in [0.2, 0.25) is 0 Å². The van der Waals surface area contributed by atoms with Crippen molar-refractivity contribution in [2.45, 2.75) is 13.5 Å². The highest BCUT2D eigenvalue weighted by Gasteiger charge is 2.13. The molecule has 17 heavy (non-hydrogen) atoms. The van der Waals surface area contributed by atoms with E-state index in [4.69, 9.17) is 5.73 Å². The van der Waals surface area contributed by atoms with Crippen LogP contribution < -0.4 is 11.1 Å². The van der Waals surface area contributed by atoms with E-state index in [1.165, 1.54) is 15.8 Å². The largest absolute Gasteiger partial charge is 0.396 e. The number of rotatable bonds is 5. The summed E-state index contributed by atoms with van der Waals surface area (Å²) in [5.74, 6) is -0.373. The molecule has 1 rings (SSSR count). The van der Waals surface area contributed by atoms with Gasteiger partial charge in [-0.2, -0.15) is 5.10 Å². The summed E-state index contributed by atoms with van der Waals surface area (Å²) in [5, 5.41) is 6.52. The van der Waals surface area contributed by atoms with Crippen LogP contribution >= 0.6 is 0 Å². The van der Waals surface area contributed by atoms with Gasteiger partial charge in [0.05, 0.1) is 18.4 Å². The van der Waals surface area contributed by atoms with Gasteiger partial charge in [-0.3, -0.25) is 14.3 Å². The predicted molar refractivity (Wildman–Crippen MR) is 63.0 cm³/mol. The lowest BCUT2D eigenvalue weighted by molar-refractivity contribution is -0.135. The highest BCUT2D eigenvalue weighted by atomic mass is 16.2. The molecule has 0 aliphatic carbocycles. The van der Waals surface area contributed by atoms with Crippen LogP contribution in [0.5, 0.6) is 0 Å². The first-order valence-electron chi connectivity index (χ1n) is 5.31. The summed E-state index contributed by atoms with van der Waals surface area (Å²) in [6, 6.07) is 0. The minimum atomic E-state index is -0.195. The average molecular weight is 239 g/mol. The zero-order valence-electron chi connectivity index (χ0n) is 10.0. The van der Waals surface area contributed by atoms with Crippen molar-refractivity contribution in [2.75, 3.05) is 25.9 Å². The van der Waals surface area contributed by atoms with Gasteiger partial charge in [-0.1, -0.05) is 0 Å². The molecule has 1 aromatic rings. The van der Waals surface area contributed by atoms with Crippen LogP contribution in [0, 0.1) is 0 Å². The minimum absolute atomic E-state index is 0.0451. The van der Waals surface area contributed by atoms with E-state index in [2.05, 4.69) is 10.4 Å². The second-order valence-electron chi connectivity index (χ2n) is 3.67. The van der Waals surface area contributed by atoms with Gasteiger partial charge in [0.1, 0.15) is 6.54 Å². The number of hydrogen-bond donors (Lipinski definition) is 2. The van der Waals surface area contributed by atoms with E-state index in [0.717, 1.165) is 0 Å². The van der Waals surface area contributed by atoms with Crippen molar-refractivity contribution in [2.24, 2.45) is 0 Å². The summed E-state index contributed by atoms with van der Waals surface area (Å²) in [6.07, 6.45) is 3.04. The second kappa shape index (κ2) is 5.88. The quantitative estimate of drug-likeness (QED) is 0.693. The SMILES string of the molecule is CCNC(=O)CN(C)C(=O)Cn1cc(N)cn1. The van der Waals surface area contributed by atoms with Crippen LogP contribution in [0.1, 0.15) is 6.92 Å². The zero-order valence-corrected chi connectivity index (χ0v) is 10.0. The Labute approximate surface area is 99.6 Å². The fourth-order valence-electron chi connectivity index (χ4n) is 1.28. The molecule has 0 fully saturated rings. The van der Waals surface area contributed by atoms with Gasteiger partial charge in [-0.15, -0.1) is 0 Å². The number of anilines is 1. The van der Waals surface area contributed by atoms with Crippen LogP contribution in [0.3, 0.4) is 0 Å². The summed E-state index contributed by atoms with van der Waals surface area (Å²) in [7, 11) is 1.57. The topological polar surface area (TPSA) is 93.2 Å². The molecule has 0 aliphatic heterocycles. The van der Waals surface area contributed by atoms with Gasteiger partial charge >= 0.3 is 0 Å². The molecule has 0 radical (unpaired) electrons.